The molecule has 0 radical (unpaired) electrons. The number of methoxy groups -OCH3 is 1. The van der Waals surface area contributed by atoms with E-state index in [4.69, 9.17) is 4.74 Å². The Bertz CT molecular complexity index is 1320. The molecule has 4 rings (SSSR count). The van der Waals surface area contributed by atoms with Crippen molar-refractivity contribution in [1.29, 1.82) is 0 Å². The third kappa shape index (κ3) is 4.60. The normalized spacial score (nSPS) is 17.1. The molecule has 1 atom stereocenters. The number of carbonyl (C=O) groups is 2. The maximum absolute atomic E-state index is 14.3. The molecule has 0 bridgehead atoms. The number of aryl methyl sites for hydroxylation is 1. The molecule has 1 aromatic heterocycles. The average molecular weight is 480 g/mol. The number of nitro benzene ring substituents is 1. The standard InChI is InChI=1S/C24H21FN4O6/c1-35-19-7-6-16(13-18(19)25)22(30)20-21(15-4-2-5-17(12-15)29(33)34)28(24(32)23(20)31)10-3-9-27-11-8-26-14-27/h2,4-8,11-14,21,30H,3,9-10H2,1H3/t21-/m1/s1. The summed E-state index contributed by atoms with van der Waals surface area (Å²) in [6, 6.07) is 8.05. The molecule has 1 aliphatic rings. The van der Waals surface area contributed by atoms with Gasteiger partial charge in [0.05, 0.1) is 30.0 Å². The number of ether oxygens (including phenoxy) is 1. The average Bonchev–Trinajstić information content (AvgIpc) is 3.46. The van der Waals surface area contributed by atoms with E-state index in [0.717, 1.165) is 6.07 Å². The van der Waals surface area contributed by atoms with E-state index >= 15 is 0 Å². The van der Waals surface area contributed by atoms with Gasteiger partial charge in [-0.3, -0.25) is 19.7 Å². The number of rotatable bonds is 8. The van der Waals surface area contributed by atoms with Crippen LogP contribution in [0.1, 0.15) is 23.6 Å². The molecule has 2 heterocycles. The Hall–Kier alpha value is -4.54. The molecule has 1 fully saturated rings. The van der Waals surface area contributed by atoms with Gasteiger partial charge in [0.15, 0.2) is 11.6 Å². The summed E-state index contributed by atoms with van der Waals surface area (Å²) < 4.78 is 21.0. The molecule has 1 N–H and O–H groups in total. The Balaban J connectivity index is 1.78. The Morgan fingerprint density at radius 1 is 1.23 bits per heavy atom. The van der Waals surface area contributed by atoms with Crippen LogP contribution >= 0.6 is 0 Å². The van der Waals surface area contributed by atoms with Gasteiger partial charge in [-0.05, 0) is 30.2 Å². The number of hydrogen-bond acceptors (Lipinski definition) is 7. The number of likely N-dealkylation sites (tertiary alicyclic amines) is 1. The summed E-state index contributed by atoms with van der Waals surface area (Å²) in [6.07, 6.45) is 5.43. The van der Waals surface area contributed by atoms with Crippen molar-refractivity contribution in [2.45, 2.75) is 19.0 Å². The van der Waals surface area contributed by atoms with E-state index in [1.54, 1.807) is 23.3 Å². The minimum absolute atomic E-state index is 0.0323. The van der Waals surface area contributed by atoms with Crippen molar-refractivity contribution in [1.82, 2.24) is 14.5 Å². The summed E-state index contributed by atoms with van der Waals surface area (Å²) in [5.74, 6) is -3.23. The maximum atomic E-state index is 14.3. The van der Waals surface area contributed by atoms with Crippen molar-refractivity contribution >= 4 is 23.1 Å². The van der Waals surface area contributed by atoms with Crippen molar-refractivity contribution < 1.29 is 28.7 Å². The van der Waals surface area contributed by atoms with E-state index in [0.29, 0.717) is 13.0 Å². The van der Waals surface area contributed by atoms with Crippen LogP contribution in [0.25, 0.3) is 5.76 Å². The number of carbonyl (C=O) groups excluding carboxylic acids is 2. The number of aliphatic hydroxyl groups is 1. The Morgan fingerprint density at radius 3 is 2.69 bits per heavy atom. The second kappa shape index (κ2) is 9.75. The van der Waals surface area contributed by atoms with Crippen LogP contribution in [0.5, 0.6) is 5.75 Å². The number of nitrogens with zero attached hydrogens (tertiary/aromatic N) is 4. The summed E-state index contributed by atoms with van der Waals surface area (Å²) in [5.41, 5.74) is -0.267. The van der Waals surface area contributed by atoms with Crippen LogP contribution in [0.15, 0.2) is 66.8 Å². The van der Waals surface area contributed by atoms with Crippen LogP contribution < -0.4 is 4.74 Å². The lowest BCUT2D eigenvalue weighted by molar-refractivity contribution is -0.384. The number of hydrogen-bond donors (Lipinski definition) is 1. The van der Waals surface area contributed by atoms with Crippen molar-refractivity contribution in [2.75, 3.05) is 13.7 Å². The molecule has 0 aliphatic carbocycles. The lowest BCUT2D eigenvalue weighted by Gasteiger charge is -2.25. The Morgan fingerprint density at radius 2 is 2.03 bits per heavy atom. The fraction of sp³-hybridized carbons (Fsp3) is 0.208. The zero-order valence-corrected chi connectivity index (χ0v) is 18.6. The molecule has 1 aliphatic heterocycles. The molecule has 35 heavy (non-hydrogen) atoms. The van der Waals surface area contributed by atoms with Gasteiger partial charge in [-0.1, -0.05) is 12.1 Å². The number of halogens is 1. The molecular formula is C24H21FN4O6. The maximum Gasteiger partial charge on any atom is 0.295 e. The van der Waals surface area contributed by atoms with Crippen LogP contribution in [0.2, 0.25) is 0 Å². The smallest absolute Gasteiger partial charge is 0.295 e. The Labute approximate surface area is 199 Å². The lowest BCUT2D eigenvalue weighted by Crippen LogP contribution is -2.31. The van der Waals surface area contributed by atoms with Gasteiger partial charge < -0.3 is 19.3 Å². The molecule has 1 saturated heterocycles. The quantitative estimate of drug-likeness (QED) is 0.172. The van der Waals surface area contributed by atoms with E-state index in [-0.39, 0.29) is 34.7 Å². The third-order valence-electron chi connectivity index (χ3n) is 5.74. The van der Waals surface area contributed by atoms with Crippen molar-refractivity contribution in [3.63, 3.8) is 0 Å². The molecule has 11 heteroatoms. The summed E-state index contributed by atoms with van der Waals surface area (Å²) in [5, 5.41) is 22.4. The topological polar surface area (TPSA) is 128 Å². The first-order chi connectivity index (χ1) is 16.8. The second-order valence-electron chi connectivity index (χ2n) is 7.85. The number of ketones is 1. The number of benzene rings is 2. The van der Waals surface area contributed by atoms with Gasteiger partial charge in [0.2, 0.25) is 0 Å². The third-order valence-corrected chi connectivity index (χ3v) is 5.74. The van der Waals surface area contributed by atoms with Gasteiger partial charge in [-0.2, -0.15) is 0 Å². The van der Waals surface area contributed by atoms with E-state index < -0.39 is 34.2 Å². The molecule has 0 saturated carbocycles. The first kappa shape index (κ1) is 23.6. The number of non-ortho nitro benzene ring substituents is 1. The predicted octanol–water partition coefficient (Wildman–Crippen LogP) is 3.45. The molecule has 0 spiro atoms. The zero-order valence-electron chi connectivity index (χ0n) is 18.6. The van der Waals surface area contributed by atoms with Gasteiger partial charge in [0.25, 0.3) is 17.4 Å². The van der Waals surface area contributed by atoms with Crippen LogP contribution in [-0.2, 0) is 16.1 Å². The molecule has 10 nitrogen and oxygen atoms in total. The van der Waals surface area contributed by atoms with Crippen LogP contribution in [0, 0.1) is 15.9 Å². The number of amides is 1. The van der Waals surface area contributed by atoms with Crippen LogP contribution in [-0.4, -0.2) is 49.8 Å². The highest BCUT2D eigenvalue weighted by Gasteiger charge is 2.46. The number of aliphatic hydroxyl groups excluding tert-OH is 1. The number of aromatic nitrogens is 2. The van der Waals surface area contributed by atoms with Crippen molar-refractivity contribution in [2.24, 2.45) is 0 Å². The Kier molecular flexibility index (Phi) is 6.58. The fourth-order valence-corrected chi connectivity index (χ4v) is 4.08. The second-order valence-corrected chi connectivity index (χ2v) is 7.85. The molecule has 180 valence electrons. The van der Waals surface area contributed by atoms with Gasteiger partial charge in [0, 0.05) is 43.2 Å². The van der Waals surface area contributed by atoms with Crippen LogP contribution in [0.3, 0.4) is 0 Å². The van der Waals surface area contributed by atoms with Gasteiger partial charge >= 0.3 is 0 Å². The monoisotopic (exact) mass is 480 g/mol. The number of imidazole rings is 1. The number of Topliss-reactive ketones (excluding diaryl/α,β-unsaturated/α-hetero) is 1. The molecule has 1 amide bonds. The summed E-state index contributed by atoms with van der Waals surface area (Å²) in [7, 11) is 1.29. The van der Waals surface area contributed by atoms with Gasteiger partial charge in [-0.25, -0.2) is 9.37 Å². The van der Waals surface area contributed by atoms with E-state index in [2.05, 4.69) is 4.98 Å². The fourth-order valence-electron chi connectivity index (χ4n) is 4.08. The van der Waals surface area contributed by atoms with Crippen molar-refractivity contribution in [3.05, 3.63) is 93.8 Å². The molecule has 3 aromatic rings. The van der Waals surface area contributed by atoms with Gasteiger partial charge in [-0.15, -0.1) is 0 Å². The summed E-state index contributed by atoms with van der Waals surface area (Å²) >= 11 is 0. The SMILES string of the molecule is COc1ccc(C(O)=C2C(=O)C(=O)N(CCCn3ccnc3)[C@@H]2c2cccc([N+](=O)[O-])c2)cc1F. The molecule has 0 unspecified atom stereocenters. The van der Waals surface area contributed by atoms with E-state index in [1.165, 1.54) is 48.4 Å². The highest BCUT2D eigenvalue weighted by Crippen LogP contribution is 2.40. The van der Waals surface area contributed by atoms with Crippen LogP contribution in [0.4, 0.5) is 10.1 Å². The van der Waals surface area contributed by atoms with E-state index in [1.807, 2.05) is 0 Å². The highest BCUT2D eigenvalue weighted by molar-refractivity contribution is 6.46. The minimum atomic E-state index is -1.09. The summed E-state index contributed by atoms with van der Waals surface area (Å²) in [4.78, 5) is 42.0. The number of nitro groups is 1. The predicted molar refractivity (Wildman–Crippen MR) is 122 cm³/mol. The van der Waals surface area contributed by atoms with Gasteiger partial charge in [0.1, 0.15) is 5.76 Å². The van der Waals surface area contributed by atoms with E-state index in [9.17, 15) is 29.2 Å². The first-order valence-corrected chi connectivity index (χ1v) is 10.6. The lowest BCUT2D eigenvalue weighted by atomic mass is 9.95. The summed E-state index contributed by atoms with van der Waals surface area (Å²) in [6.45, 7) is 0.637. The molecule has 2 aromatic carbocycles. The first-order valence-electron chi connectivity index (χ1n) is 10.6. The largest absolute Gasteiger partial charge is 0.507 e. The van der Waals surface area contributed by atoms with Crippen molar-refractivity contribution in [3.8, 4) is 5.75 Å². The zero-order chi connectivity index (χ0) is 25.1. The highest BCUT2D eigenvalue weighted by atomic mass is 19.1. The minimum Gasteiger partial charge on any atom is -0.507 e. The molecular weight excluding hydrogens is 459 g/mol.